The molecule has 1 amide bonds. The summed E-state index contributed by atoms with van der Waals surface area (Å²) in [5.74, 6) is 0.742. The van der Waals surface area contributed by atoms with Crippen molar-refractivity contribution >= 4 is 23.5 Å². The number of carboxylic acid groups (broad SMARTS) is 1. The van der Waals surface area contributed by atoms with Gasteiger partial charge in [-0.3, -0.25) is 0 Å². The number of likely N-dealkylation sites (N-methyl/N-ethyl adjacent to an activating group) is 1. The van der Waals surface area contributed by atoms with Crippen molar-refractivity contribution in [3.63, 3.8) is 0 Å². The van der Waals surface area contributed by atoms with Gasteiger partial charge in [0.05, 0.1) is 6.04 Å². The predicted octanol–water partition coefficient (Wildman–Crippen LogP) is 1.32. The molecule has 1 aliphatic heterocycles. The normalized spacial score (nSPS) is 19.4. The standard InChI is InChI=1S/C10H13ClN4O2/c1-14(10(16)17)7-2-3-15(5-7)9-4-8(11)12-6-13-9/h4,6-7H,2-3,5H2,1H3,(H,16,17)/t7-/m1/s1. The number of hydrogen-bond acceptors (Lipinski definition) is 4. The molecule has 0 saturated carbocycles. The van der Waals surface area contributed by atoms with Crippen LogP contribution in [0.3, 0.4) is 0 Å². The van der Waals surface area contributed by atoms with E-state index < -0.39 is 6.09 Å². The van der Waals surface area contributed by atoms with Gasteiger partial charge in [-0.25, -0.2) is 14.8 Å². The Morgan fingerprint density at radius 3 is 3.06 bits per heavy atom. The van der Waals surface area contributed by atoms with Crippen LogP contribution >= 0.6 is 11.6 Å². The molecule has 1 aromatic rings. The van der Waals surface area contributed by atoms with Gasteiger partial charge in [0.2, 0.25) is 0 Å². The van der Waals surface area contributed by atoms with Crippen molar-refractivity contribution in [3.05, 3.63) is 17.5 Å². The maximum atomic E-state index is 10.8. The Morgan fingerprint density at radius 2 is 2.41 bits per heavy atom. The van der Waals surface area contributed by atoms with E-state index in [-0.39, 0.29) is 6.04 Å². The predicted molar refractivity (Wildman–Crippen MR) is 63.4 cm³/mol. The van der Waals surface area contributed by atoms with E-state index in [2.05, 4.69) is 9.97 Å². The van der Waals surface area contributed by atoms with E-state index >= 15 is 0 Å². The summed E-state index contributed by atoms with van der Waals surface area (Å²) < 4.78 is 0. The number of rotatable bonds is 2. The first-order valence-electron chi connectivity index (χ1n) is 5.26. The van der Waals surface area contributed by atoms with Crippen molar-refractivity contribution in [1.82, 2.24) is 14.9 Å². The Hall–Kier alpha value is -1.56. The molecule has 1 aromatic heterocycles. The third kappa shape index (κ3) is 2.58. The summed E-state index contributed by atoms with van der Waals surface area (Å²) in [5, 5.41) is 9.30. The van der Waals surface area contributed by atoms with Crippen LogP contribution in [0.2, 0.25) is 5.15 Å². The molecule has 1 saturated heterocycles. The fraction of sp³-hybridized carbons (Fsp3) is 0.500. The fourth-order valence-electron chi connectivity index (χ4n) is 1.92. The minimum atomic E-state index is -0.905. The maximum absolute atomic E-state index is 10.8. The molecule has 1 aliphatic rings. The van der Waals surface area contributed by atoms with Gasteiger partial charge in [-0.1, -0.05) is 11.6 Å². The van der Waals surface area contributed by atoms with Crippen molar-refractivity contribution in [3.8, 4) is 0 Å². The van der Waals surface area contributed by atoms with Gasteiger partial charge < -0.3 is 14.9 Å². The summed E-state index contributed by atoms with van der Waals surface area (Å²) in [6.07, 6.45) is 1.30. The largest absolute Gasteiger partial charge is 0.465 e. The molecule has 1 fully saturated rings. The molecule has 0 aromatic carbocycles. The minimum Gasteiger partial charge on any atom is -0.465 e. The zero-order valence-corrected chi connectivity index (χ0v) is 10.1. The van der Waals surface area contributed by atoms with E-state index in [1.165, 1.54) is 11.2 Å². The summed E-state index contributed by atoms with van der Waals surface area (Å²) in [6, 6.07) is 1.69. The smallest absolute Gasteiger partial charge is 0.407 e. The van der Waals surface area contributed by atoms with Crippen molar-refractivity contribution in [2.24, 2.45) is 0 Å². The number of nitrogens with zero attached hydrogens (tertiary/aromatic N) is 4. The molecule has 92 valence electrons. The van der Waals surface area contributed by atoms with Crippen molar-refractivity contribution < 1.29 is 9.90 Å². The summed E-state index contributed by atoms with van der Waals surface area (Å²) in [4.78, 5) is 22.1. The summed E-state index contributed by atoms with van der Waals surface area (Å²) in [5.41, 5.74) is 0. The monoisotopic (exact) mass is 256 g/mol. The summed E-state index contributed by atoms with van der Waals surface area (Å²) in [7, 11) is 1.59. The van der Waals surface area contributed by atoms with Crippen LogP contribution in [0.4, 0.5) is 10.6 Å². The first-order chi connectivity index (χ1) is 8.08. The van der Waals surface area contributed by atoms with Crippen molar-refractivity contribution in [1.29, 1.82) is 0 Å². The molecule has 0 radical (unpaired) electrons. The number of amides is 1. The maximum Gasteiger partial charge on any atom is 0.407 e. The van der Waals surface area contributed by atoms with Crippen LogP contribution in [0.5, 0.6) is 0 Å². The Morgan fingerprint density at radius 1 is 1.65 bits per heavy atom. The Balaban J connectivity index is 2.05. The first kappa shape index (κ1) is 11.9. The molecule has 0 spiro atoms. The van der Waals surface area contributed by atoms with E-state index in [1.54, 1.807) is 13.1 Å². The van der Waals surface area contributed by atoms with Gasteiger partial charge in [-0.15, -0.1) is 0 Å². The zero-order chi connectivity index (χ0) is 12.4. The topological polar surface area (TPSA) is 69.6 Å². The number of aromatic nitrogens is 2. The molecule has 0 aliphatic carbocycles. The second-order valence-corrected chi connectivity index (χ2v) is 4.37. The molecule has 0 bridgehead atoms. The summed E-state index contributed by atoms with van der Waals surface area (Å²) >= 11 is 5.79. The third-order valence-electron chi connectivity index (χ3n) is 2.96. The van der Waals surface area contributed by atoms with Gasteiger partial charge in [-0.05, 0) is 6.42 Å². The van der Waals surface area contributed by atoms with Crippen LogP contribution in [-0.4, -0.2) is 52.2 Å². The molecule has 0 unspecified atom stereocenters. The van der Waals surface area contributed by atoms with E-state index in [1.807, 2.05) is 4.90 Å². The Labute approximate surface area is 104 Å². The van der Waals surface area contributed by atoms with E-state index in [0.717, 1.165) is 18.8 Å². The van der Waals surface area contributed by atoms with Gasteiger partial charge in [0, 0.05) is 26.2 Å². The van der Waals surface area contributed by atoms with E-state index in [9.17, 15) is 4.79 Å². The number of carbonyl (C=O) groups is 1. The highest BCUT2D eigenvalue weighted by Gasteiger charge is 2.28. The molecular weight excluding hydrogens is 244 g/mol. The van der Waals surface area contributed by atoms with E-state index in [0.29, 0.717) is 11.7 Å². The Bertz CT molecular complexity index is 429. The fourth-order valence-corrected chi connectivity index (χ4v) is 2.06. The molecule has 1 atom stereocenters. The van der Waals surface area contributed by atoms with Crippen LogP contribution in [0, 0.1) is 0 Å². The minimum absolute atomic E-state index is 0.00115. The van der Waals surface area contributed by atoms with Crippen LogP contribution < -0.4 is 4.90 Å². The quantitative estimate of drug-likeness (QED) is 0.808. The van der Waals surface area contributed by atoms with Gasteiger partial charge in [0.15, 0.2) is 0 Å². The lowest BCUT2D eigenvalue weighted by atomic mass is 10.2. The third-order valence-corrected chi connectivity index (χ3v) is 3.16. The average molecular weight is 257 g/mol. The highest BCUT2D eigenvalue weighted by molar-refractivity contribution is 6.29. The molecule has 7 heteroatoms. The number of anilines is 1. The molecule has 6 nitrogen and oxygen atoms in total. The Kier molecular flexibility index (Phi) is 3.33. The van der Waals surface area contributed by atoms with Crippen LogP contribution in [-0.2, 0) is 0 Å². The van der Waals surface area contributed by atoms with Crippen molar-refractivity contribution in [2.75, 3.05) is 25.0 Å². The second kappa shape index (κ2) is 4.75. The van der Waals surface area contributed by atoms with Gasteiger partial charge in [-0.2, -0.15) is 0 Å². The molecule has 1 N–H and O–H groups in total. The number of halogens is 1. The highest BCUT2D eigenvalue weighted by atomic mass is 35.5. The molecule has 2 heterocycles. The number of hydrogen-bond donors (Lipinski definition) is 1. The molecule has 17 heavy (non-hydrogen) atoms. The first-order valence-corrected chi connectivity index (χ1v) is 5.64. The van der Waals surface area contributed by atoms with Gasteiger partial charge in [0.1, 0.15) is 17.3 Å². The summed E-state index contributed by atoms with van der Waals surface area (Å²) in [6.45, 7) is 1.41. The van der Waals surface area contributed by atoms with Crippen molar-refractivity contribution in [2.45, 2.75) is 12.5 Å². The second-order valence-electron chi connectivity index (χ2n) is 3.98. The van der Waals surface area contributed by atoms with Crippen LogP contribution in [0.25, 0.3) is 0 Å². The highest BCUT2D eigenvalue weighted by Crippen LogP contribution is 2.21. The molecule has 2 rings (SSSR count). The lowest BCUT2D eigenvalue weighted by Crippen LogP contribution is -2.38. The van der Waals surface area contributed by atoms with Gasteiger partial charge in [0.25, 0.3) is 0 Å². The SMILES string of the molecule is CN(C(=O)O)[C@@H]1CCN(c2cc(Cl)ncn2)C1. The lowest BCUT2D eigenvalue weighted by molar-refractivity contribution is 0.142. The average Bonchev–Trinajstić information content (AvgIpc) is 2.77. The lowest BCUT2D eigenvalue weighted by Gasteiger charge is -2.22. The zero-order valence-electron chi connectivity index (χ0n) is 9.38. The molecular formula is C10H13ClN4O2. The van der Waals surface area contributed by atoms with Crippen LogP contribution in [0.15, 0.2) is 12.4 Å². The van der Waals surface area contributed by atoms with E-state index in [4.69, 9.17) is 16.7 Å². The van der Waals surface area contributed by atoms with Crippen LogP contribution in [0.1, 0.15) is 6.42 Å². The van der Waals surface area contributed by atoms with Gasteiger partial charge >= 0.3 is 6.09 Å².